The zero-order valence-corrected chi connectivity index (χ0v) is 11.5. The smallest absolute Gasteiger partial charge is 0.128 e. The molecule has 5 nitrogen and oxygen atoms in total. The summed E-state index contributed by atoms with van der Waals surface area (Å²) >= 11 is 0. The van der Waals surface area contributed by atoms with E-state index >= 15 is 0 Å². The van der Waals surface area contributed by atoms with E-state index in [2.05, 4.69) is 34.2 Å². The van der Waals surface area contributed by atoms with Gasteiger partial charge in [0.2, 0.25) is 0 Å². The molecule has 1 unspecified atom stereocenters. The molecule has 2 rings (SSSR count). The SMILES string of the molecule is Cc1cnc(NCC2CN(C)CCN2C)cc1N. The Balaban J connectivity index is 1.92. The Bertz CT molecular complexity index is 406. The van der Waals surface area contributed by atoms with E-state index in [-0.39, 0.29) is 0 Å². The van der Waals surface area contributed by atoms with Crippen molar-refractivity contribution in [1.82, 2.24) is 14.8 Å². The molecule has 2 heterocycles. The molecule has 0 spiro atoms. The van der Waals surface area contributed by atoms with Crippen LogP contribution >= 0.6 is 0 Å². The molecule has 100 valence electrons. The van der Waals surface area contributed by atoms with E-state index in [1.807, 2.05) is 19.2 Å². The Labute approximate surface area is 109 Å². The van der Waals surface area contributed by atoms with Crippen molar-refractivity contribution < 1.29 is 0 Å². The van der Waals surface area contributed by atoms with Crippen molar-refractivity contribution in [2.75, 3.05) is 51.3 Å². The van der Waals surface area contributed by atoms with Crippen LogP contribution < -0.4 is 11.1 Å². The average Bonchev–Trinajstić information content (AvgIpc) is 2.34. The Kier molecular flexibility index (Phi) is 4.04. The van der Waals surface area contributed by atoms with E-state index in [1.54, 1.807) is 0 Å². The second kappa shape index (κ2) is 5.54. The molecule has 3 N–H and O–H groups in total. The van der Waals surface area contributed by atoms with Gasteiger partial charge in [0.25, 0.3) is 0 Å². The predicted molar refractivity (Wildman–Crippen MR) is 75.8 cm³/mol. The molecule has 0 amide bonds. The van der Waals surface area contributed by atoms with Gasteiger partial charge in [-0.05, 0) is 26.6 Å². The second-order valence-electron chi connectivity index (χ2n) is 5.20. The number of nitrogens with zero attached hydrogens (tertiary/aromatic N) is 3. The highest BCUT2D eigenvalue weighted by atomic mass is 15.3. The van der Waals surface area contributed by atoms with Gasteiger partial charge >= 0.3 is 0 Å². The number of nitrogen functional groups attached to an aromatic ring is 1. The van der Waals surface area contributed by atoms with Crippen molar-refractivity contribution in [2.45, 2.75) is 13.0 Å². The molecule has 0 saturated carbocycles. The third kappa shape index (κ3) is 3.11. The van der Waals surface area contributed by atoms with E-state index < -0.39 is 0 Å². The summed E-state index contributed by atoms with van der Waals surface area (Å²) in [7, 11) is 4.35. The molecule has 1 aromatic heterocycles. The van der Waals surface area contributed by atoms with Crippen molar-refractivity contribution >= 4 is 11.5 Å². The molecule has 0 aliphatic carbocycles. The summed E-state index contributed by atoms with van der Waals surface area (Å²) in [4.78, 5) is 9.10. The monoisotopic (exact) mass is 249 g/mol. The Morgan fingerprint density at radius 2 is 2.22 bits per heavy atom. The summed E-state index contributed by atoms with van der Waals surface area (Å²) in [5, 5.41) is 3.37. The third-order valence-electron chi connectivity index (χ3n) is 3.64. The number of nitrogens with one attached hydrogen (secondary N) is 1. The topological polar surface area (TPSA) is 57.4 Å². The van der Waals surface area contributed by atoms with Crippen molar-refractivity contribution in [3.63, 3.8) is 0 Å². The average molecular weight is 249 g/mol. The first-order valence-electron chi connectivity index (χ1n) is 6.41. The summed E-state index contributed by atoms with van der Waals surface area (Å²) in [5.41, 5.74) is 7.70. The van der Waals surface area contributed by atoms with Gasteiger partial charge in [0, 0.05) is 50.2 Å². The summed E-state index contributed by atoms with van der Waals surface area (Å²) in [6, 6.07) is 2.43. The molecule has 0 radical (unpaired) electrons. The summed E-state index contributed by atoms with van der Waals surface area (Å²) in [5.74, 6) is 0.861. The molecule has 1 fully saturated rings. The number of pyridine rings is 1. The summed E-state index contributed by atoms with van der Waals surface area (Å²) in [6.45, 7) is 6.21. The minimum atomic E-state index is 0.521. The number of aromatic nitrogens is 1. The van der Waals surface area contributed by atoms with Crippen molar-refractivity contribution in [2.24, 2.45) is 0 Å². The minimum Gasteiger partial charge on any atom is -0.398 e. The van der Waals surface area contributed by atoms with E-state index in [9.17, 15) is 0 Å². The lowest BCUT2D eigenvalue weighted by atomic mass is 10.2. The van der Waals surface area contributed by atoms with E-state index in [1.165, 1.54) is 0 Å². The lowest BCUT2D eigenvalue weighted by Crippen LogP contribution is -2.52. The first-order valence-corrected chi connectivity index (χ1v) is 6.41. The molecule has 1 atom stereocenters. The standard InChI is InChI=1S/C13H23N5/c1-10-7-15-13(6-12(10)14)16-8-11-9-17(2)4-5-18(11)3/h6-7,11H,4-5,8-9H2,1-3H3,(H3,14,15,16). The molecule has 1 aliphatic rings. The van der Waals surface area contributed by atoms with Crippen LogP contribution in [0.2, 0.25) is 0 Å². The number of hydrogen-bond acceptors (Lipinski definition) is 5. The quantitative estimate of drug-likeness (QED) is 0.823. The number of rotatable bonds is 3. The van der Waals surface area contributed by atoms with Crippen LogP contribution in [-0.2, 0) is 0 Å². The third-order valence-corrected chi connectivity index (χ3v) is 3.64. The summed E-state index contributed by atoms with van der Waals surface area (Å²) in [6.07, 6.45) is 1.81. The van der Waals surface area contributed by atoms with Gasteiger partial charge in [-0.1, -0.05) is 0 Å². The fourth-order valence-corrected chi connectivity index (χ4v) is 2.18. The molecular formula is C13H23N5. The molecule has 1 saturated heterocycles. The molecule has 1 aliphatic heterocycles. The maximum Gasteiger partial charge on any atom is 0.128 e. The van der Waals surface area contributed by atoms with Crippen molar-refractivity contribution in [3.8, 4) is 0 Å². The van der Waals surface area contributed by atoms with Gasteiger partial charge < -0.3 is 16.0 Å². The minimum absolute atomic E-state index is 0.521. The fraction of sp³-hybridized carbons (Fsp3) is 0.615. The van der Waals surface area contributed by atoms with Gasteiger partial charge in [0.05, 0.1) is 0 Å². The Morgan fingerprint density at radius 1 is 1.44 bits per heavy atom. The Hall–Kier alpha value is -1.33. The van der Waals surface area contributed by atoms with Crippen LogP contribution in [0.1, 0.15) is 5.56 Å². The summed E-state index contributed by atoms with van der Waals surface area (Å²) < 4.78 is 0. The van der Waals surface area contributed by atoms with Gasteiger partial charge in [-0.15, -0.1) is 0 Å². The molecule has 1 aromatic rings. The van der Waals surface area contributed by atoms with Crippen LogP contribution in [0.15, 0.2) is 12.3 Å². The molecule has 18 heavy (non-hydrogen) atoms. The number of piperazine rings is 1. The van der Waals surface area contributed by atoms with Crippen LogP contribution in [0.3, 0.4) is 0 Å². The lowest BCUT2D eigenvalue weighted by molar-refractivity contribution is 0.122. The van der Waals surface area contributed by atoms with Crippen molar-refractivity contribution in [1.29, 1.82) is 0 Å². The normalized spacial score (nSPS) is 22.1. The van der Waals surface area contributed by atoms with E-state index in [0.717, 1.165) is 43.2 Å². The van der Waals surface area contributed by atoms with E-state index in [0.29, 0.717) is 6.04 Å². The van der Waals surface area contributed by atoms with Crippen LogP contribution in [0, 0.1) is 6.92 Å². The largest absolute Gasteiger partial charge is 0.398 e. The van der Waals surface area contributed by atoms with Crippen LogP contribution in [0.4, 0.5) is 11.5 Å². The van der Waals surface area contributed by atoms with Gasteiger partial charge in [0.1, 0.15) is 5.82 Å². The zero-order valence-electron chi connectivity index (χ0n) is 11.5. The number of nitrogens with two attached hydrogens (primary N) is 1. The second-order valence-corrected chi connectivity index (χ2v) is 5.20. The maximum atomic E-state index is 5.88. The van der Waals surface area contributed by atoms with Crippen LogP contribution in [-0.4, -0.2) is 61.1 Å². The number of likely N-dealkylation sites (N-methyl/N-ethyl adjacent to an activating group) is 2. The van der Waals surface area contributed by atoms with Gasteiger partial charge in [0.15, 0.2) is 0 Å². The first kappa shape index (κ1) is 13.1. The van der Waals surface area contributed by atoms with Gasteiger partial charge in [-0.3, -0.25) is 4.90 Å². The predicted octanol–water partition coefficient (Wildman–Crippen LogP) is 0.630. The van der Waals surface area contributed by atoms with Gasteiger partial charge in [-0.25, -0.2) is 4.98 Å². The van der Waals surface area contributed by atoms with Crippen molar-refractivity contribution in [3.05, 3.63) is 17.8 Å². The van der Waals surface area contributed by atoms with Crippen LogP contribution in [0.25, 0.3) is 0 Å². The van der Waals surface area contributed by atoms with E-state index in [4.69, 9.17) is 5.73 Å². The number of anilines is 2. The molecule has 5 heteroatoms. The van der Waals surface area contributed by atoms with Gasteiger partial charge in [-0.2, -0.15) is 0 Å². The van der Waals surface area contributed by atoms with Crippen LogP contribution in [0.5, 0.6) is 0 Å². The molecule has 0 aromatic carbocycles. The number of hydrogen-bond donors (Lipinski definition) is 2. The highest BCUT2D eigenvalue weighted by molar-refractivity contribution is 5.53. The fourth-order valence-electron chi connectivity index (χ4n) is 2.18. The highest BCUT2D eigenvalue weighted by Crippen LogP contribution is 2.14. The first-order chi connectivity index (χ1) is 8.56. The zero-order chi connectivity index (χ0) is 13.1. The molecular weight excluding hydrogens is 226 g/mol. The molecule has 0 bridgehead atoms. The maximum absolute atomic E-state index is 5.88. The number of aryl methyl sites for hydroxylation is 1. The lowest BCUT2D eigenvalue weighted by Gasteiger charge is -2.37. The highest BCUT2D eigenvalue weighted by Gasteiger charge is 2.21. The Morgan fingerprint density at radius 3 is 2.94 bits per heavy atom.